The standard InChI is InChI=1S/C23H24N2O3S/c1-17-13-18(2)23(19(3)14-17)29(26,27)25-24-15-20-9-7-8-10-21(20)16-28-22-11-5-4-6-12-22/h4-15,25H,16H2,1-3H3/b24-15+. The van der Waals surface area contributed by atoms with Crippen molar-refractivity contribution in [3.05, 3.63) is 94.5 Å². The summed E-state index contributed by atoms with van der Waals surface area (Å²) in [5.41, 5.74) is 4.10. The Kier molecular flexibility index (Phi) is 6.34. The van der Waals surface area contributed by atoms with E-state index in [1.807, 2.05) is 73.7 Å². The van der Waals surface area contributed by atoms with Crippen LogP contribution in [0.4, 0.5) is 0 Å². The molecule has 0 amide bonds. The quantitative estimate of drug-likeness (QED) is 0.462. The fourth-order valence-corrected chi connectivity index (χ4v) is 4.52. The summed E-state index contributed by atoms with van der Waals surface area (Å²) in [7, 11) is -3.76. The van der Waals surface area contributed by atoms with Crippen molar-refractivity contribution in [2.24, 2.45) is 5.10 Å². The lowest BCUT2D eigenvalue weighted by Gasteiger charge is -2.11. The van der Waals surface area contributed by atoms with E-state index in [2.05, 4.69) is 9.93 Å². The van der Waals surface area contributed by atoms with Crippen LogP contribution in [-0.4, -0.2) is 14.6 Å². The van der Waals surface area contributed by atoms with E-state index in [1.54, 1.807) is 13.8 Å². The van der Waals surface area contributed by atoms with Gasteiger partial charge in [0, 0.05) is 5.56 Å². The van der Waals surface area contributed by atoms with Gasteiger partial charge in [-0.3, -0.25) is 0 Å². The molecule has 5 nitrogen and oxygen atoms in total. The molecule has 0 aliphatic rings. The lowest BCUT2D eigenvalue weighted by atomic mass is 10.1. The van der Waals surface area contributed by atoms with Crippen LogP contribution >= 0.6 is 0 Å². The maximum Gasteiger partial charge on any atom is 0.277 e. The second-order valence-corrected chi connectivity index (χ2v) is 8.48. The summed E-state index contributed by atoms with van der Waals surface area (Å²) in [4.78, 5) is 2.59. The van der Waals surface area contributed by atoms with E-state index < -0.39 is 10.0 Å². The summed E-state index contributed by atoms with van der Waals surface area (Å²) in [6, 6.07) is 20.8. The van der Waals surface area contributed by atoms with Crippen molar-refractivity contribution in [3.8, 4) is 5.75 Å². The number of nitrogens with one attached hydrogen (secondary N) is 1. The van der Waals surface area contributed by atoms with Crippen LogP contribution in [0.25, 0.3) is 0 Å². The number of nitrogens with zero attached hydrogens (tertiary/aromatic N) is 1. The minimum Gasteiger partial charge on any atom is -0.489 e. The molecule has 0 unspecified atom stereocenters. The Bertz CT molecular complexity index is 1100. The number of para-hydroxylation sites is 1. The predicted octanol–water partition coefficient (Wildman–Crippen LogP) is 4.50. The van der Waals surface area contributed by atoms with Gasteiger partial charge in [-0.05, 0) is 49.6 Å². The molecule has 3 rings (SSSR count). The zero-order valence-electron chi connectivity index (χ0n) is 16.7. The molecule has 0 fully saturated rings. The number of rotatable bonds is 7. The molecule has 0 spiro atoms. The SMILES string of the molecule is Cc1cc(C)c(S(=O)(=O)N/N=C/c2ccccc2COc2ccccc2)c(C)c1. The second kappa shape index (κ2) is 8.92. The lowest BCUT2D eigenvalue weighted by molar-refractivity contribution is 0.306. The lowest BCUT2D eigenvalue weighted by Crippen LogP contribution is -2.20. The monoisotopic (exact) mass is 408 g/mol. The largest absolute Gasteiger partial charge is 0.489 e. The van der Waals surface area contributed by atoms with E-state index in [1.165, 1.54) is 6.21 Å². The fraction of sp³-hybridized carbons (Fsp3) is 0.174. The van der Waals surface area contributed by atoms with Crippen molar-refractivity contribution in [1.29, 1.82) is 0 Å². The first-order valence-electron chi connectivity index (χ1n) is 9.25. The Morgan fingerprint density at radius 2 is 1.55 bits per heavy atom. The number of benzene rings is 3. The van der Waals surface area contributed by atoms with E-state index in [0.717, 1.165) is 22.4 Å². The molecule has 0 radical (unpaired) electrons. The zero-order chi connectivity index (χ0) is 20.9. The molecule has 0 aliphatic heterocycles. The Hall–Kier alpha value is -3.12. The third-order valence-electron chi connectivity index (χ3n) is 4.44. The highest BCUT2D eigenvalue weighted by Gasteiger charge is 2.19. The molecule has 3 aromatic carbocycles. The summed E-state index contributed by atoms with van der Waals surface area (Å²) in [5, 5.41) is 3.99. The maximum absolute atomic E-state index is 12.7. The van der Waals surface area contributed by atoms with Crippen LogP contribution in [0.1, 0.15) is 27.8 Å². The van der Waals surface area contributed by atoms with Crippen LogP contribution in [0.2, 0.25) is 0 Å². The molecular weight excluding hydrogens is 384 g/mol. The van der Waals surface area contributed by atoms with E-state index in [9.17, 15) is 8.42 Å². The molecule has 150 valence electrons. The number of hydrogen-bond acceptors (Lipinski definition) is 4. The van der Waals surface area contributed by atoms with Gasteiger partial charge in [0.15, 0.2) is 0 Å². The summed E-state index contributed by atoms with van der Waals surface area (Å²) in [6.45, 7) is 5.87. The molecule has 0 saturated carbocycles. The van der Waals surface area contributed by atoms with Crippen LogP contribution < -0.4 is 9.57 Å². The normalized spacial score (nSPS) is 11.6. The van der Waals surface area contributed by atoms with Crippen molar-refractivity contribution >= 4 is 16.2 Å². The van der Waals surface area contributed by atoms with E-state index in [4.69, 9.17) is 4.74 Å². The van der Waals surface area contributed by atoms with Gasteiger partial charge in [-0.1, -0.05) is 60.2 Å². The summed E-state index contributed by atoms with van der Waals surface area (Å²) in [5.74, 6) is 0.769. The maximum atomic E-state index is 12.7. The Balaban J connectivity index is 1.75. The zero-order valence-corrected chi connectivity index (χ0v) is 17.5. The van der Waals surface area contributed by atoms with Gasteiger partial charge in [-0.2, -0.15) is 13.5 Å². The molecule has 0 aromatic heterocycles. The molecule has 0 heterocycles. The minimum atomic E-state index is -3.76. The number of hydrazone groups is 1. The number of sulfonamides is 1. The number of aryl methyl sites for hydroxylation is 3. The molecule has 0 saturated heterocycles. The fourth-order valence-electron chi connectivity index (χ4n) is 3.27. The van der Waals surface area contributed by atoms with E-state index in [-0.39, 0.29) is 4.90 Å². The highest BCUT2D eigenvalue weighted by molar-refractivity contribution is 7.89. The van der Waals surface area contributed by atoms with Crippen molar-refractivity contribution < 1.29 is 13.2 Å². The Morgan fingerprint density at radius 3 is 2.24 bits per heavy atom. The van der Waals surface area contributed by atoms with Gasteiger partial charge in [-0.25, -0.2) is 4.83 Å². The first kappa shape index (κ1) is 20.6. The second-order valence-electron chi connectivity index (χ2n) is 6.88. The predicted molar refractivity (Wildman–Crippen MR) is 116 cm³/mol. The van der Waals surface area contributed by atoms with Crippen LogP contribution in [0, 0.1) is 20.8 Å². The van der Waals surface area contributed by atoms with Gasteiger partial charge >= 0.3 is 0 Å². The smallest absolute Gasteiger partial charge is 0.277 e. The summed E-state index contributed by atoms with van der Waals surface area (Å²) >= 11 is 0. The number of hydrogen-bond donors (Lipinski definition) is 1. The highest BCUT2D eigenvalue weighted by atomic mass is 32.2. The van der Waals surface area contributed by atoms with E-state index in [0.29, 0.717) is 17.7 Å². The van der Waals surface area contributed by atoms with Crippen LogP contribution in [0.3, 0.4) is 0 Å². The van der Waals surface area contributed by atoms with Crippen LogP contribution in [-0.2, 0) is 16.6 Å². The molecule has 29 heavy (non-hydrogen) atoms. The van der Waals surface area contributed by atoms with Crippen molar-refractivity contribution in [2.75, 3.05) is 0 Å². The molecule has 0 aliphatic carbocycles. The Labute approximate surface area is 172 Å². The first-order chi connectivity index (χ1) is 13.9. The number of ether oxygens (including phenoxy) is 1. The average Bonchev–Trinajstić information content (AvgIpc) is 2.67. The molecule has 6 heteroatoms. The average molecular weight is 409 g/mol. The van der Waals surface area contributed by atoms with Crippen LogP contribution in [0.15, 0.2) is 76.7 Å². The summed E-state index contributed by atoms with van der Waals surface area (Å²) in [6.07, 6.45) is 1.50. The first-order valence-corrected chi connectivity index (χ1v) is 10.7. The Morgan fingerprint density at radius 1 is 0.931 bits per heavy atom. The van der Waals surface area contributed by atoms with Gasteiger partial charge in [0.25, 0.3) is 10.0 Å². The van der Waals surface area contributed by atoms with E-state index >= 15 is 0 Å². The van der Waals surface area contributed by atoms with Gasteiger partial charge in [0.1, 0.15) is 12.4 Å². The molecule has 0 atom stereocenters. The van der Waals surface area contributed by atoms with Gasteiger partial charge in [0.2, 0.25) is 0 Å². The molecule has 1 N–H and O–H groups in total. The van der Waals surface area contributed by atoms with Crippen molar-refractivity contribution in [1.82, 2.24) is 4.83 Å². The molecule has 0 bridgehead atoms. The third kappa shape index (κ3) is 5.23. The summed E-state index contributed by atoms with van der Waals surface area (Å²) < 4.78 is 31.2. The van der Waals surface area contributed by atoms with Gasteiger partial charge in [0.05, 0.1) is 11.1 Å². The minimum absolute atomic E-state index is 0.265. The third-order valence-corrected chi connectivity index (χ3v) is 5.97. The van der Waals surface area contributed by atoms with Gasteiger partial charge in [-0.15, -0.1) is 0 Å². The highest BCUT2D eigenvalue weighted by Crippen LogP contribution is 2.21. The topological polar surface area (TPSA) is 67.8 Å². The van der Waals surface area contributed by atoms with Gasteiger partial charge < -0.3 is 4.74 Å². The van der Waals surface area contributed by atoms with Crippen LogP contribution in [0.5, 0.6) is 5.75 Å². The van der Waals surface area contributed by atoms with Crippen molar-refractivity contribution in [3.63, 3.8) is 0 Å². The molecular formula is C23H24N2O3S. The molecule has 3 aromatic rings. The van der Waals surface area contributed by atoms with Crippen molar-refractivity contribution in [2.45, 2.75) is 32.3 Å².